The summed E-state index contributed by atoms with van der Waals surface area (Å²) < 4.78 is 11.4. The van der Waals surface area contributed by atoms with Gasteiger partial charge in [0.1, 0.15) is 5.75 Å². The summed E-state index contributed by atoms with van der Waals surface area (Å²) in [5, 5.41) is 0. The number of rotatable bonds is 1. The Hall–Kier alpha value is -1.02. The molecule has 2 aliphatic carbocycles. The Morgan fingerprint density at radius 1 is 1.27 bits per heavy atom. The van der Waals surface area contributed by atoms with Crippen LogP contribution in [0.4, 0.5) is 0 Å². The Bertz CT molecular complexity index is 567. The number of aryl methyl sites for hydroxylation is 1. The molecule has 0 N–H and O–H groups in total. The second-order valence-corrected chi connectivity index (χ2v) is 8.03. The van der Waals surface area contributed by atoms with E-state index >= 15 is 0 Å². The molecular formula is C20H28O2. The molecule has 1 aromatic rings. The van der Waals surface area contributed by atoms with Gasteiger partial charge in [-0.25, -0.2) is 0 Å². The van der Waals surface area contributed by atoms with E-state index in [1.165, 1.54) is 37.7 Å². The van der Waals surface area contributed by atoms with E-state index in [-0.39, 0.29) is 0 Å². The van der Waals surface area contributed by atoms with Crippen molar-refractivity contribution in [1.82, 2.24) is 0 Å². The number of ether oxygens (including phenoxy) is 2. The summed E-state index contributed by atoms with van der Waals surface area (Å²) in [7, 11) is 1.77. The van der Waals surface area contributed by atoms with E-state index in [0.29, 0.717) is 11.5 Å². The van der Waals surface area contributed by atoms with Gasteiger partial charge in [0.15, 0.2) is 0 Å². The first kappa shape index (κ1) is 14.6. The third-order valence-electron chi connectivity index (χ3n) is 6.74. The smallest absolute Gasteiger partial charge is 0.119 e. The van der Waals surface area contributed by atoms with Crippen molar-refractivity contribution >= 4 is 0 Å². The molecule has 0 spiro atoms. The van der Waals surface area contributed by atoms with Gasteiger partial charge in [0.25, 0.3) is 0 Å². The zero-order valence-electron chi connectivity index (χ0n) is 14.1. The maximum atomic E-state index is 6.01. The van der Waals surface area contributed by atoms with Crippen LogP contribution < -0.4 is 4.74 Å². The molecule has 1 heterocycles. The molecule has 2 heteroatoms. The highest BCUT2D eigenvalue weighted by Crippen LogP contribution is 2.57. The summed E-state index contributed by atoms with van der Waals surface area (Å²) in [4.78, 5) is 0. The zero-order valence-corrected chi connectivity index (χ0v) is 14.1. The van der Waals surface area contributed by atoms with Crippen LogP contribution in [0.5, 0.6) is 5.75 Å². The van der Waals surface area contributed by atoms with Crippen molar-refractivity contribution in [2.45, 2.75) is 58.0 Å². The van der Waals surface area contributed by atoms with Crippen molar-refractivity contribution in [2.75, 3.05) is 13.7 Å². The predicted molar refractivity (Wildman–Crippen MR) is 88.4 cm³/mol. The van der Waals surface area contributed by atoms with Gasteiger partial charge in [-0.1, -0.05) is 13.0 Å². The SMILES string of the molecule is COc1ccc2c(c1)CC[C@@H]1[C@@H]2CC[C@]2(C)CO[C@@H](C)C[C@@H]12. The summed E-state index contributed by atoms with van der Waals surface area (Å²) in [5.41, 5.74) is 3.56. The van der Waals surface area contributed by atoms with E-state index in [2.05, 4.69) is 32.0 Å². The van der Waals surface area contributed by atoms with Crippen LogP contribution in [-0.4, -0.2) is 19.8 Å². The van der Waals surface area contributed by atoms with Crippen LogP contribution in [0.1, 0.15) is 56.6 Å². The fraction of sp³-hybridized carbons (Fsp3) is 0.700. The summed E-state index contributed by atoms with van der Waals surface area (Å²) >= 11 is 0. The number of hydrogen-bond donors (Lipinski definition) is 0. The maximum absolute atomic E-state index is 6.01. The maximum Gasteiger partial charge on any atom is 0.119 e. The average molecular weight is 300 g/mol. The molecule has 0 amide bonds. The van der Waals surface area contributed by atoms with Crippen LogP contribution in [-0.2, 0) is 11.2 Å². The fourth-order valence-corrected chi connectivity index (χ4v) is 5.48. The molecule has 22 heavy (non-hydrogen) atoms. The zero-order chi connectivity index (χ0) is 15.3. The molecule has 0 bridgehead atoms. The van der Waals surface area contributed by atoms with Crippen molar-refractivity contribution in [3.63, 3.8) is 0 Å². The van der Waals surface area contributed by atoms with Crippen LogP contribution in [0, 0.1) is 17.3 Å². The molecule has 4 rings (SSSR count). The minimum absolute atomic E-state index is 0.414. The molecule has 2 fully saturated rings. The van der Waals surface area contributed by atoms with Crippen molar-refractivity contribution in [3.05, 3.63) is 29.3 Å². The lowest BCUT2D eigenvalue weighted by molar-refractivity contribution is -0.127. The van der Waals surface area contributed by atoms with Gasteiger partial charge in [0.2, 0.25) is 0 Å². The number of hydrogen-bond acceptors (Lipinski definition) is 2. The molecule has 0 unspecified atom stereocenters. The minimum Gasteiger partial charge on any atom is -0.497 e. The highest BCUT2D eigenvalue weighted by Gasteiger charge is 2.50. The van der Waals surface area contributed by atoms with Crippen molar-refractivity contribution in [3.8, 4) is 5.75 Å². The summed E-state index contributed by atoms with van der Waals surface area (Å²) in [6.07, 6.45) is 6.90. The van der Waals surface area contributed by atoms with E-state index in [0.717, 1.165) is 30.1 Å². The molecule has 3 aliphatic rings. The Kier molecular flexibility index (Phi) is 3.48. The van der Waals surface area contributed by atoms with Gasteiger partial charge in [-0.2, -0.15) is 0 Å². The van der Waals surface area contributed by atoms with Gasteiger partial charge >= 0.3 is 0 Å². The molecule has 1 aliphatic heterocycles. The lowest BCUT2D eigenvalue weighted by Gasteiger charge is -2.55. The topological polar surface area (TPSA) is 18.5 Å². The summed E-state index contributed by atoms with van der Waals surface area (Å²) in [5.74, 6) is 3.46. The normalized spacial score (nSPS) is 40.3. The third kappa shape index (κ3) is 2.19. The van der Waals surface area contributed by atoms with E-state index in [4.69, 9.17) is 9.47 Å². The summed E-state index contributed by atoms with van der Waals surface area (Å²) in [6.45, 7) is 5.70. The standard InChI is InChI=1S/C20H28O2/c1-13-10-19-18-6-4-14-11-15(21-3)5-7-16(14)17(18)8-9-20(19,2)12-22-13/h5,7,11,13,17-19H,4,6,8-10,12H2,1-3H3/t13-,17+,18+,19-,20+/m0/s1. The molecule has 5 atom stereocenters. The van der Waals surface area contributed by atoms with E-state index < -0.39 is 0 Å². The molecule has 1 saturated heterocycles. The predicted octanol–water partition coefficient (Wildman–Crippen LogP) is 4.57. The molecular weight excluding hydrogens is 272 g/mol. The Morgan fingerprint density at radius 2 is 2.14 bits per heavy atom. The van der Waals surface area contributed by atoms with E-state index in [9.17, 15) is 0 Å². The Morgan fingerprint density at radius 3 is 2.95 bits per heavy atom. The number of benzene rings is 1. The molecule has 0 aromatic heterocycles. The first-order valence-corrected chi connectivity index (χ1v) is 8.89. The lowest BCUT2D eigenvalue weighted by Crippen LogP contribution is -2.49. The fourth-order valence-electron chi connectivity index (χ4n) is 5.48. The average Bonchev–Trinajstić information content (AvgIpc) is 2.54. The number of methoxy groups -OCH3 is 1. The van der Waals surface area contributed by atoms with Crippen LogP contribution in [0.25, 0.3) is 0 Å². The Balaban J connectivity index is 1.67. The van der Waals surface area contributed by atoms with Crippen molar-refractivity contribution < 1.29 is 9.47 Å². The third-order valence-corrected chi connectivity index (χ3v) is 6.74. The van der Waals surface area contributed by atoms with Gasteiger partial charge in [0.05, 0.1) is 19.8 Å². The van der Waals surface area contributed by atoms with Gasteiger partial charge < -0.3 is 9.47 Å². The molecule has 120 valence electrons. The number of fused-ring (bicyclic) bond motifs is 5. The van der Waals surface area contributed by atoms with Crippen LogP contribution in [0.15, 0.2) is 18.2 Å². The quantitative estimate of drug-likeness (QED) is 0.756. The Labute approximate surface area is 134 Å². The highest BCUT2D eigenvalue weighted by molar-refractivity contribution is 5.40. The first-order chi connectivity index (χ1) is 10.6. The van der Waals surface area contributed by atoms with Crippen LogP contribution in [0.3, 0.4) is 0 Å². The largest absolute Gasteiger partial charge is 0.497 e. The van der Waals surface area contributed by atoms with E-state index in [1.54, 1.807) is 12.7 Å². The molecule has 1 aromatic carbocycles. The molecule has 2 nitrogen and oxygen atoms in total. The lowest BCUT2D eigenvalue weighted by atomic mass is 9.53. The second-order valence-electron chi connectivity index (χ2n) is 8.03. The second kappa shape index (κ2) is 5.26. The van der Waals surface area contributed by atoms with Crippen molar-refractivity contribution in [1.29, 1.82) is 0 Å². The monoisotopic (exact) mass is 300 g/mol. The molecule has 0 radical (unpaired) electrons. The molecule has 1 saturated carbocycles. The van der Waals surface area contributed by atoms with E-state index in [1.807, 2.05) is 0 Å². The van der Waals surface area contributed by atoms with Gasteiger partial charge in [-0.3, -0.25) is 0 Å². The van der Waals surface area contributed by atoms with Gasteiger partial charge in [-0.05, 0) is 85.5 Å². The summed E-state index contributed by atoms with van der Waals surface area (Å²) in [6, 6.07) is 6.77. The van der Waals surface area contributed by atoms with Gasteiger partial charge in [-0.15, -0.1) is 0 Å². The minimum atomic E-state index is 0.414. The van der Waals surface area contributed by atoms with Crippen LogP contribution >= 0.6 is 0 Å². The highest BCUT2D eigenvalue weighted by atomic mass is 16.5. The van der Waals surface area contributed by atoms with Gasteiger partial charge in [0, 0.05) is 0 Å². The van der Waals surface area contributed by atoms with Crippen LogP contribution in [0.2, 0.25) is 0 Å². The first-order valence-electron chi connectivity index (χ1n) is 8.89. The van der Waals surface area contributed by atoms with Crippen molar-refractivity contribution in [2.24, 2.45) is 17.3 Å².